The molecule has 0 heterocycles. The Labute approximate surface area is 91.0 Å². The minimum absolute atomic E-state index is 0. The molecule has 0 saturated carbocycles. The molecule has 0 spiro atoms. The first-order valence-electron chi connectivity index (χ1n) is 3.79. The first kappa shape index (κ1) is 13.7. The van der Waals surface area contributed by atoms with Crippen LogP contribution in [0.25, 0.3) is 0 Å². The minimum atomic E-state index is 0. The van der Waals surface area contributed by atoms with Crippen molar-refractivity contribution in [3.63, 3.8) is 0 Å². The fourth-order valence-electron chi connectivity index (χ4n) is 0.859. The van der Waals surface area contributed by atoms with Crippen LogP contribution in [0.2, 0.25) is 0 Å². The summed E-state index contributed by atoms with van der Waals surface area (Å²) in [6.45, 7) is 8.79. The van der Waals surface area contributed by atoms with Crippen molar-refractivity contribution in [1.29, 1.82) is 0 Å². The van der Waals surface area contributed by atoms with E-state index in [2.05, 4.69) is 40.5 Å². The molecule has 1 heteroatoms. The van der Waals surface area contributed by atoms with Gasteiger partial charge in [-0.3, -0.25) is 0 Å². The van der Waals surface area contributed by atoms with Crippen molar-refractivity contribution in [2.45, 2.75) is 34.1 Å². The number of hydrogen-bond acceptors (Lipinski definition) is 0. The van der Waals surface area contributed by atoms with Gasteiger partial charge in [-0.05, 0) is 0 Å². The molecule has 0 aromatic rings. The van der Waals surface area contributed by atoms with E-state index in [0.717, 1.165) is 11.8 Å². The molecule has 0 nitrogen and oxygen atoms in total. The zero-order valence-corrected chi connectivity index (χ0v) is 10.4. The molecule has 0 aliphatic carbocycles. The third kappa shape index (κ3) is 7.21. The molecule has 0 aromatic heterocycles. The largest absolute Gasteiger partial charge is 0.329 e. The Hall–Kier alpha value is 1.10. The van der Waals surface area contributed by atoms with E-state index in [0.29, 0.717) is 0 Å². The maximum absolute atomic E-state index is 2.26. The molecule has 0 fully saturated rings. The molecule has 2 atom stereocenters. The fraction of sp³-hybridized carbons (Fsp3) is 0.778. The van der Waals surface area contributed by atoms with Gasteiger partial charge in [0, 0.05) is 32.7 Å². The Balaban J connectivity index is 0. The summed E-state index contributed by atoms with van der Waals surface area (Å²) in [7, 11) is 0. The van der Waals surface area contributed by atoms with E-state index in [1.165, 1.54) is 6.42 Å². The first-order valence-corrected chi connectivity index (χ1v) is 3.79. The fourth-order valence-corrected chi connectivity index (χ4v) is 0.859. The second kappa shape index (κ2) is 8.20. The van der Waals surface area contributed by atoms with Crippen molar-refractivity contribution in [3.05, 3.63) is 12.8 Å². The zero-order chi connectivity index (χ0) is 7.28. The average Bonchev–Trinajstić information content (AvgIpc) is 1.87. The van der Waals surface area contributed by atoms with Gasteiger partial charge in [0.1, 0.15) is 0 Å². The zero-order valence-electron chi connectivity index (χ0n) is 7.59. The first-order chi connectivity index (χ1) is 4.20. The van der Waals surface area contributed by atoms with Gasteiger partial charge in [-0.15, -0.1) is 6.42 Å². The van der Waals surface area contributed by atoms with E-state index in [9.17, 15) is 0 Å². The van der Waals surface area contributed by atoms with Crippen LogP contribution in [0, 0.1) is 24.7 Å². The van der Waals surface area contributed by atoms with Crippen LogP contribution in [0.5, 0.6) is 0 Å². The van der Waals surface area contributed by atoms with Crippen molar-refractivity contribution < 1.29 is 32.7 Å². The van der Waals surface area contributed by atoms with Crippen LogP contribution in [0.3, 0.4) is 0 Å². The molecule has 0 aliphatic heterocycles. The molecular formula is C9H18Y-2. The van der Waals surface area contributed by atoms with Crippen molar-refractivity contribution >= 4 is 0 Å². The third-order valence-electron chi connectivity index (χ3n) is 1.88. The van der Waals surface area contributed by atoms with Crippen LogP contribution in [0.15, 0.2) is 0 Å². The molecule has 2 unspecified atom stereocenters. The maximum Gasteiger partial charge on any atom is 0 e. The average molecular weight is 215 g/mol. The molecule has 0 aromatic carbocycles. The summed E-state index contributed by atoms with van der Waals surface area (Å²) in [6, 6.07) is 0. The van der Waals surface area contributed by atoms with Gasteiger partial charge in [0.25, 0.3) is 0 Å². The van der Waals surface area contributed by atoms with Gasteiger partial charge in [-0.1, -0.05) is 13.8 Å². The summed E-state index contributed by atoms with van der Waals surface area (Å²) in [5, 5.41) is 0. The van der Waals surface area contributed by atoms with E-state index in [-0.39, 0.29) is 32.7 Å². The molecule has 1 radical (unpaired) electrons. The summed E-state index contributed by atoms with van der Waals surface area (Å²) in [5.41, 5.74) is 0. The van der Waals surface area contributed by atoms with E-state index >= 15 is 0 Å². The van der Waals surface area contributed by atoms with Gasteiger partial charge in [0.15, 0.2) is 0 Å². The summed E-state index contributed by atoms with van der Waals surface area (Å²) < 4.78 is 0. The summed E-state index contributed by atoms with van der Waals surface area (Å²) in [6.07, 6.45) is 5.83. The number of hydrogen-bond donors (Lipinski definition) is 0. The molecule has 0 aliphatic rings. The molecule has 0 saturated heterocycles. The standard InChI is InChI=1S/C9H18.Y/c1-5-8(3)7-9(4)6-2;/h5-6,8-9H,7H2,1-4H3;/q-2;. The van der Waals surface area contributed by atoms with Gasteiger partial charge in [0.2, 0.25) is 0 Å². The Morgan fingerprint density at radius 3 is 1.50 bits per heavy atom. The summed E-state index contributed by atoms with van der Waals surface area (Å²) >= 11 is 0. The Morgan fingerprint density at radius 2 is 1.30 bits per heavy atom. The van der Waals surface area contributed by atoms with Crippen LogP contribution in [0.1, 0.15) is 34.1 Å². The number of rotatable bonds is 4. The van der Waals surface area contributed by atoms with Gasteiger partial charge < -0.3 is 12.8 Å². The third-order valence-corrected chi connectivity index (χ3v) is 1.88. The minimum Gasteiger partial charge on any atom is -0.329 e. The SMILES string of the molecule is C[CH-]C(C)CC(C)[CH-]C.[Y]. The normalized spacial score (nSPS) is 15.6. The summed E-state index contributed by atoms with van der Waals surface area (Å²) in [5.74, 6) is 1.55. The van der Waals surface area contributed by atoms with Crippen molar-refractivity contribution in [2.75, 3.05) is 0 Å². The van der Waals surface area contributed by atoms with Gasteiger partial charge >= 0.3 is 0 Å². The monoisotopic (exact) mass is 215 g/mol. The molecule has 0 N–H and O–H groups in total. The van der Waals surface area contributed by atoms with Gasteiger partial charge in [0.05, 0.1) is 0 Å². The molecular weight excluding hydrogens is 197 g/mol. The van der Waals surface area contributed by atoms with Crippen LogP contribution >= 0.6 is 0 Å². The smallest absolute Gasteiger partial charge is 0 e. The van der Waals surface area contributed by atoms with E-state index in [4.69, 9.17) is 0 Å². The van der Waals surface area contributed by atoms with Crippen molar-refractivity contribution in [2.24, 2.45) is 11.8 Å². The van der Waals surface area contributed by atoms with Crippen LogP contribution in [-0.2, 0) is 32.7 Å². The van der Waals surface area contributed by atoms with Crippen LogP contribution in [0.4, 0.5) is 0 Å². The van der Waals surface area contributed by atoms with Gasteiger partial charge in [-0.25, -0.2) is 0 Å². The Kier molecular flexibility index (Phi) is 11.2. The van der Waals surface area contributed by atoms with E-state index in [1.807, 2.05) is 0 Å². The molecule has 0 bridgehead atoms. The molecule has 0 rings (SSSR count). The second-order valence-corrected chi connectivity index (χ2v) is 2.86. The van der Waals surface area contributed by atoms with Crippen LogP contribution in [-0.4, -0.2) is 0 Å². The Morgan fingerprint density at radius 1 is 1.00 bits per heavy atom. The molecule has 10 heavy (non-hydrogen) atoms. The topological polar surface area (TPSA) is 0 Å². The maximum atomic E-state index is 2.26. The van der Waals surface area contributed by atoms with Crippen LogP contribution < -0.4 is 0 Å². The van der Waals surface area contributed by atoms with E-state index in [1.54, 1.807) is 0 Å². The van der Waals surface area contributed by atoms with Gasteiger partial charge in [-0.2, -0.15) is 25.7 Å². The summed E-state index contributed by atoms with van der Waals surface area (Å²) in [4.78, 5) is 0. The molecule has 59 valence electrons. The van der Waals surface area contributed by atoms with Crippen molar-refractivity contribution in [1.82, 2.24) is 0 Å². The molecule has 0 amide bonds. The predicted octanol–water partition coefficient (Wildman–Crippen LogP) is 3.09. The van der Waals surface area contributed by atoms with E-state index < -0.39 is 0 Å². The van der Waals surface area contributed by atoms with Crippen molar-refractivity contribution in [3.8, 4) is 0 Å². The second-order valence-electron chi connectivity index (χ2n) is 2.86. The quantitative estimate of drug-likeness (QED) is 0.632. The predicted molar refractivity (Wildman–Crippen MR) is 42.9 cm³/mol. The Bertz CT molecular complexity index is 53.7.